The summed E-state index contributed by atoms with van der Waals surface area (Å²) >= 11 is 0. The van der Waals surface area contributed by atoms with Crippen molar-refractivity contribution < 1.29 is 13.2 Å². The predicted molar refractivity (Wildman–Crippen MR) is 71.4 cm³/mol. The summed E-state index contributed by atoms with van der Waals surface area (Å²) in [5.41, 5.74) is 10.9. The molecule has 0 spiro atoms. The Hall–Kier alpha value is -2.57. The lowest BCUT2D eigenvalue weighted by atomic mass is 9.97. The van der Waals surface area contributed by atoms with Gasteiger partial charge in [-0.05, 0) is 29.8 Å². The molecule has 0 atom stereocenters. The van der Waals surface area contributed by atoms with Gasteiger partial charge in [0.1, 0.15) is 5.82 Å². The second-order valence-electron chi connectivity index (χ2n) is 4.14. The first-order valence-electron chi connectivity index (χ1n) is 5.56. The van der Waals surface area contributed by atoms with Crippen LogP contribution in [0.15, 0.2) is 30.5 Å². The van der Waals surface area contributed by atoms with Crippen LogP contribution in [0.4, 0.5) is 24.7 Å². The first kappa shape index (κ1) is 13.9. The van der Waals surface area contributed by atoms with E-state index in [2.05, 4.69) is 4.98 Å². The highest BCUT2D eigenvalue weighted by Crippen LogP contribution is 2.36. The van der Waals surface area contributed by atoms with Crippen molar-refractivity contribution in [3.8, 4) is 11.1 Å². The number of benzene rings is 1. The third-order valence-electron chi connectivity index (χ3n) is 2.78. The molecule has 1 aromatic carbocycles. The van der Waals surface area contributed by atoms with Gasteiger partial charge in [0, 0.05) is 29.2 Å². The van der Waals surface area contributed by atoms with Crippen LogP contribution in [0.3, 0.4) is 0 Å². The maximum Gasteiger partial charge on any atom is 0.416 e. The van der Waals surface area contributed by atoms with Crippen molar-refractivity contribution >= 4 is 17.7 Å². The molecule has 2 rings (SSSR count). The van der Waals surface area contributed by atoms with Crippen LogP contribution in [-0.4, -0.2) is 11.2 Å². The number of nitrogens with two attached hydrogens (primary N) is 2. The lowest BCUT2D eigenvalue weighted by molar-refractivity contribution is -0.137. The van der Waals surface area contributed by atoms with E-state index in [0.29, 0.717) is 5.56 Å². The van der Waals surface area contributed by atoms with Gasteiger partial charge in [-0.15, -0.1) is 0 Å². The van der Waals surface area contributed by atoms with E-state index in [1.165, 1.54) is 18.3 Å². The summed E-state index contributed by atoms with van der Waals surface area (Å²) < 4.78 is 38.4. The van der Waals surface area contributed by atoms with Gasteiger partial charge in [-0.3, -0.25) is 0 Å². The fourth-order valence-electron chi connectivity index (χ4n) is 1.80. The van der Waals surface area contributed by atoms with E-state index in [4.69, 9.17) is 16.9 Å². The molecule has 0 aliphatic rings. The Morgan fingerprint density at radius 1 is 1.15 bits per heavy atom. The van der Waals surface area contributed by atoms with E-state index in [1.54, 1.807) is 0 Å². The minimum absolute atomic E-state index is 0.110. The van der Waals surface area contributed by atoms with Crippen LogP contribution in [0, 0.1) is 5.41 Å². The average molecular weight is 280 g/mol. The number of alkyl halides is 3. The van der Waals surface area contributed by atoms with Gasteiger partial charge in [0.25, 0.3) is 0 Å². The zero-order chi connectivity index (χ0) is 14.9. The summed E-state index contributed by atoms with van der Waals surface area (Å²) in [5.74, 6) is 0.255. The van der Waals surface area contributed by atoms with Crippen LogP contribution in [-0.2, 0) is 6.18 Å². The number of pyridine rings is 1. The summed E-state index contributed by atoms with van der Waals surface area (Å²) in [5, 5.41) is 7.31. The smallest absolute Gasteiger partial charge is 0.398 e. The van der Waals surface area contributed by atoms with Crippen LogP contribution >= 0.6 is 0 Å². The zero-order valence-electron chi connectivity index (χ0n) is 10.2. The van der Waals surface area contributed by atoms with E-state index in [9.17, 15) is 13.2 Å². The number of halogens is 3. The molecule has 104 valence electrons. The van der Waals surface area contributed by atoms with Gasteiger partial charge < -0.3 is 16.9 Å². The molecule has 0 bridgehead atoms. The normalized spacial score (nSPS) is 11.3. The third kappa shape index (κ3) is 2.56. The molecule has 1 aromatic heterocycles. The average Bonchev–Trinajstić information content (AvgIpc) is 2.37. The fourth-order valence-corrected chi connectivity index (χ4v) is 1.80. The summed E-state index contributed by atoms with van der Waals surface area (Å²) in [7, 11) is 0. The van der Waals surface area contributed by atoms with Crippen molar-refractivity contribution in [3.05, 3.63) is 41.6 Å². The maximum absolute atomic E-state index is 12.8. The van der Waals surface area contributed by atoms with Gasteiger partial charge in [-0.1, -0.05) is 0 Å². The monoisotopic (exact) mass is 280 g/mol. The predicted octanol–water partition coefficient (Wildman–Crippen LogP) is 2.93. The topological polar surface area (TPSA) is 88.8 Å². The molecule has 0 saturated heterocycles. The molecule has 0 aliphatic heterocycles. The lowest BCUT2D eigenvalue weighted by Gasteiger charge is -2.14. The van der Waals surface area contributed by atoms with E-state index < -0.39 is 11.7 Å². The van der Waals surface area contributed by atoms with Crippen LogP contribution in [0.1, 0.15) is 11.1 Å². The Morgan fingerprint density at radius 3 is 2.35 bits per heavy atom. The first-order valence-corrected chi connectivity index (χ1v) is 5.56. The second-order valence-corrected chi connectivity index (χ2v) is 4.14. The number of rotatable bonds is 2. The Kier molecular flexibility index (Phi) is 3.35. The number of nitrogen functional groups attached to an aromatic ring is 2. The Bertz CT molecular complexity index is 648. The van der Waals surface area contributed by atoms with Crippen molar-refractivity contribution in [2.45, 2.75) is 6.18 Å². The van der Waals surface area contributed by atoms with Gasteiger partial charge >= 0.3 is 6.18 Å². The maximum atomic E-state index is 12.8. The molecule has 0 amide bonds. The van der Waals surface area contributed by atoms with Gasteiger partial charge in [0.05, 0.1) is 5.56 Å². The summed E-state index contributed by atoms with van der Waals surface area (Å²) in [6.07, 6.45) is -2.25. The Balaban J connectivity index is 2.69. The van der Waals surface area contributed by atoms with Crippen molar-refractivity contribution in [2.75, 3.05) is 11.5 Å². The number of nitrogens with zero attached hydrogens (tertiary/aromatic N) is 1. The molecule has 0 unspecified atom stereocenters. The van der Waals surface area contributed by atoms with E-state index in [-0.39, 0.29) is 22.6 Å². The van der Waals surface area contributed by atoms with Crippen LogP contribution in [0.5, 0.6) is 0 Å². The molecule has 0 fully saturated rings. The van der Waals surface area contributed by atoms with Crippen LogP contribution in [0.2, 0.25) is 0 Å². The fraction of sp³-hybridized carbons (Fsp3) is 0.0769. The van der Waals surface area contributed by atoms with E-state index in [0.717, 1.165) is 18.3 Å². The summed E-state index contributed by atoms with van der Waals surface area (Å²) in [6.45, 7) is 0. The molecule has 0 aliphatic carbocycles. The second kappa shape index (κ2) is 4.84. The van der Waals surface area contributed by atoms with Gasteiger partial charge in [0.2, 0.25) is 0 Å². The van der Waals surface area contributed by atoms with Crippen molar-refractivity contribution in [2.24, 2.45) is 0 Å². The van der Waals surface area contributed by atoms with Crippen LogP contribution in [0.25, 0.3) is 11.1 Å². The molecular formula is C13H11F3N4. The molecule has 20 heavy (non-hydrogen) atoms. The largest absolute Gasteiger partial charge is 0.416 e. The molecule has 0 radical (unpaired) electrons. The number of hydrogen-bond donors (Lipinski definition) is 3. The zero-order valence-corrected chi connectivity index (χ0v) is 10.2. The summed E-state index contributed by atoms with van der Waals surface area (Å²) in [4.78, 5) is 3.83. The third-order valence-corrected chi connectivity index (χ3v) is 2.78. The van der Waals surface area contributed by atoms with Crippen molar-refractivity contribution in [1.82, 2.24) is 4.98 Å². The SMILES string of the molecule is N=Cc1c(N)cc(C(F)(F)F)cc1-c1ccc(N)nc1. The number of nitrogens with one attached hydrogen (secondary N) is 1. The lowest BCUT2D eigenvalue weighted by Crippen LogP contribution is -2.08. The number of aromatic nitrogens is 1. The van der Waals surface area contributed by atoms with Gasteiger partial charge in [-0.25, -0.2) is 4.98 Å². The minimum Gasteiger partial charge on any atom is -0.398 e. The Labute approximate surface area is 112 Å². The molecule has 5 N–H and O–H groups in total. The summed E-state index contributed by atoms with van der Waals surface area (Å²) in [6, 6.07) is 4.77. The van der Waals surface area contributed by atoms with Crippen molar-refractivity contribution in [3.63, 3.8) is 0 Å². The van der Waals surface area contributed by atoms with Crippen LogP contribution < -0.4 is 11.5 Å². The molecule has 1 heterocycles. The number of anilines is 2. The minimum atomic E-state index is -4.51. The van der Waals surface area contributed by atoms with Gasteiger partial charge in [0.15, 0.2) is 0 Å². The molecule has 4 nitrogen and oxygen atoms in total. The standard InChI is InChI=1S/C13H11F3N4/c14-13(15,16)8-3-9(10(5-17)11(18)4-8)7-1-2-12(19)20-6-7/h1-6,17H,18H2,(H2,19,20). The quantitative estimate of drug-likeness (QED) is 0.583. The van der Waals surface area contributed by atoms with Gasteiger partial charge in [-0.2, -0.15) is 13.2 Å². The first-order chi connectivity index (χ1) is 9.32. The van der Waals surface area contributed by atoms with Crippen molar-refractivity contribution in [1.29, 1.82) is 5.41 Å². The number of hydrogen-bond acceptors (Lipinski definition) is 4. The molecular weight excluding hydrogens is 269 g/mol. The molecule has 7 heteroatoms. The highest BCUT2D eigenvalue weighted by molar-refractivity contribution is 5.95. The highest BCUT2D eigenvalue weighted by atomic mass is 19.4. The Morgan fingerprint density at radius 2 is 1.85 bits per heavy atom. The van der Waals surface area contributed by atoms with E-state index in [1.807, 2.05) is 0 Å². The highest BCUT2D eigenvalue weighted by Gasteiger charge is 2.32. The van der Waals surface area contributed by atoms with E-state index >= 15 is 0 Å². The molecule has 2 aromatic rings. The molecule has 0 saturated carbocycles.